The summed E-state index contributed by atoms with van der Waals surface area (Å²) in [5.41, 5.74) is 1.07. The highest BCUT2D eigenvalue weighted by Gasteiger charge is 2.15. The molecular weight excluding hydrogens is 244 g/mol. The van der Waals surface area contributed by atoms with Crippen LogP contribution < -0.4 is 5.32 Å². The van der Waals surface area contributed by atoms with Gasteiger partial charge in [0.2, 0.25) is 0 Å². The van der Waals surface area contributed by atoms with E-state index in [0.717, 1.165) is 30.2 Å². The number of nitrogens with zero attached hydrogens (tertiary/aromatic N) is 1. The molecule has 0 bridgehead atoms. The largest absolute Gasteiger partial charge is 0.316 e. The molecule has 1 saturated heterocycles. The van der Waals surface area contributed by atoms with E-state index in [2.05, 4.69) is 17.2 Å². The van der Waals surface area contributed by atoms with Crippen molar-refractivity contribution in [3.05, 3.63) is 15.6 Å². The van der Waals surface area contributed by atoms with Crippen LogP contribution in [-0.4, -0.2) is 23.9 Å². The van der Waals surface area contributed by atoms with E-state index in [1.54, 1.807) is 11.3 Å². The van der Waals surface area contributed by atoms with E-state index < -0.39 is 0 Å². The van der Waals surface area contributed by atoms with Crippen LogP contribution in [0.1, 0.15) is 41.3 Å². The van der Waals surface area contributed by atoms with Gasteiger partial charge in [-0.1, -0.05) is 0 Å². The van der Waals surface area contributed by atoms with Gasteiger partial charge in [0.15, 0.2) is 0 Å². The third kappa shape index (κ3) is 3.89. The molecule has 4 heteroatoms. The molecule has 1 aromatic heterocycles. The number of Topliss-reactive ketones (excluding diaryl/α,β-unsaturated/α-hetero) is 1. The molecule has 0 aromatic carbocycles. The number of piperidine rings is 1. The number of thiazole rings is 1. The third-order valence-electron chi connectivity index (χ3n) is 3.65. The van der Waals surface area contributed by atoms with Crippen molar-refractivity contribution in [1.29, 1.82) is 0 Å². The second-order valence-electron chi connectivity index (χ2n) is 5.22. The van der Waals surface area contributed by atoms with Gasteiger partial charge < -0.3 is 5.32 Å². The summed E-state index contributed by atoms with van der Waals surface area (Å²) < 4.78 is 0. The Morgan fingerprint density at radius 1 is 1.50 bits per heavy atom. The molecule has 1 aliphatic rings. The first kappa shape index (κ1) is 13.7. The highest BCUT2D eigenvalue weighted by atomic mass is 32.1. The molecular formula is C14H22N2OS. The maximum Gasteiger partial charge on any atom is 0.139 e. The van der Waals surface area contributed by atoms with E-state index in [-0.39, 0.29) is 0 Å². The minimum absolute atomic E-state index is 0.342. The van der Waals surface area contributed by atoms with Crippen LogP contribution in [-0.2, 0) is 11.2 Å². The van der Waals surface area contributed by atoms with Gasteiger partial charge in [-0.05, 0) is 52.1 Å². The quantitative estimate of drug-likeness (QED) is 0.891. The molecule has 0 aliphatic carbocycles. The Kier molecular flexibility index (Phi) is 4.89. The second-order valence-corrected chi connectivity index (χ2v) is 6.50. The van der Waals surface area contributed by atoms with Crippen molar-refractivity contribution in [1.82, 2.24) is 10.3 Å². The molecule has 1 fully saturated rings. The molecule has 1 N–H and O–H groups in total. The zero-order valence-electron chi connectivity index (χ0n) is 11.3. The number of aromatic nitrogens is 1. The van der Waals surface area contributed by atoms with E-state index in [0.29, 0.717) is 24.5 Å². The smallest absolute Gasteiger partial charge is 0.139 e. The van der Waals surface area contributed by atoms with Crippen molar-refractivity contribution in [2.24, 2.45) is 5.92 Å². The van der Waals surface area contributed by atoms with Gasteiger partial charge in [-0.2, -0.15) is 0 Å². The highest BCUT2D eigenvalue weighted by Crippen LogP contribution is 2.19. The number of ketones is 1. The van der Waals surface area contributed by atoms with Gasteiger partial charge in [0.1, 0.15) is 10.8 Å². The summed E-state index contributed by atoms with van der Waals surface area (Å²) in [7, 11) is 0. The van der Waals surface area contributed by atoms with E-state index >= 15 is 0 Å². The number of carbonyl (C=O) groups excluding carboxylic acids is 1. The zero-order valence-corrected chi connectivity index (χ0v) is 12.1. The maximum absolute atomic E-state index is 11.9. The predicted octanol–water partition coefficient (Wildman–Crippen LogP) is 2.65. The fourth-order valence-electron chi connectivity index (χ4n) is 2.41. The Morgan fingerprint density at radius 3 is 2.94 bits per heavy atom. The minimum Gasteiger partial charge on any atom is -0.316 e. The molecule has 1 atom stereocenters. The first-order valence-corrected chi connectivity index (χ1v) is 7.62. The summed E-state index contributed by atoms with van der Waals surface area (Å²) in [4.78, 5) is 17.6. The fraction of sp³-hybridized carbons (Fsp3) is 0.714. The molecule has 0 radical (unpaired) electrons. The van der Waals surface area contributed by atoms with Gasteiger partial charge in [-0.25, -0.2) is 4.98 Å². The molecule has 18 heavy (non-hydrogen) atoms. The summed E-state index contributed by atoms with van der Waals surface area (Å²) in [5, 5.41) is 4.38. The van der Waals surface area contributed by atoms with Crippen LogP contribution in [0.15, 0.2) is 0 Å². The average molecular weight is 266 g/mol. The molecule has 0 spiro atoms. The van der Waals surface area contributed by atoms with Crippen molar-refractivity contribution >= 4 is 17.1 Å². The highest BCUT2D eigenvalue weighted by molar-refractivity contribution is 7.11. The number of nitrogens with one attached hydrogen (secondary N) is 1. The molecule has 1 aliphatic heterocycles. The number of aryl methyl sites for hydroxylation is 2. The molecule has 2 heterocycles. The molecule has 1 aromatic rings. The summed E-state index contributed by atoms with van der Waals surface area (Å²) >= 11 is 1.66. The number of rotatable bonds is 5. The predicted molar refractivity (Wildman–Crippen MR) is 75.1 cm³/mol. The first-order chi connectivity index (χ1) is 8.65. The van der Waals surface area contributed by atoms with Crippen LogP contribution in [0.5, 0.6) is 0 Å². The van der Waals surface area contributed by atoms with Crippen molar-refractivity contribution in [3.63, 3.8) is 0 Å². The monoisotopic (exact) mass is 266 g/mol. The maximum atomic E-state index is 11.9. The van der Waals surface area contributed by atoms with Crippen LogP contribution in [0.2, 0.25) is 0 Å². The van der Waals surface area contributed by atoms with Crippen LogP contribution in [0, 0.1) is 19.8 Å². The Balaban J connectivity index is 1.74. The summed E-state index contributed by atoms with van der Waals surface area (Å²) in [6.45, 7) is 6.30. The molecule has 0 saturated carbocycles. The minimum atomic E-state index is 0.342. The van der Waals surface area contributed by atoms with E-state index in [9.17, 15) is 4.79 Å². The fourth-order valence-corrected chi connectivity index (χ4v) is 3.37. The lowest BCUT2D eigenvalue weighted by atomic mass is 9.93. The van der Waals surface area contributed by atoms with Gasteiger partial charge in [0, 0.05) is 11.3 Å². The Hall–Kier alpha value is -0.740. The number of hydrogen-bond donors (Lipinski definition) is 1. The van der Waals surface area contributed by atoms with Crippen molar-refractivity contribution in [3.8, 4) is 0 Å². The molecule has 2 rings (SSSR count). The van der Waals surface area contributed by atoms with E-state index in [4.69, 9.17) is 0 Å². The molecule has 3 nitrogen and oxygen atoms in total. The van der Waals surface area contributed by atoms with Crippen LogP contribution in [0.25, 0.3) is 0 Å². The lowest BCUT2D eigenvalue weighted by molar-refractivity contribution is -0.118. The standard InChI is InChI=1S/C14H22N2OS/c1-10-11(2)18-14(16-10)8-13(17)6-5-12-4-3-7-15-9-12/h12,15H,3-9H2,1-2H3. The van der Waals surface area contributed by atoms with E-state index in [1.807, 2.05) is 6.92 Å². The van der Waals surface area contributed by atoms with Gasteiger partial charge >= 0.3 is 0 Å². The Bertz CT molecular complexity index is 388. The van der Waals surface area contributed by atoms with Crippen molar-refractivity contribution < 1.29 is 4.79 Å². The molecule has 100 valence electrons. The van der Waals surface area contributed by atoms with Gasteiger partial charge in [0.05, 0.1) is 12.1 Å². The lowest BCUT2D eigenvalue weighted by Crippen LogP contribution is -2.30. The normalized spacial score (nSPS) is 20.0. The SMILES string of the molecule is Cc1nc(CC(=O)CCC2CCCNC2)sc1C. The average Bonchev–Trinajstić information content (AvgIpc) is 2.67. The Labute approximate surface area is 113 Å². The number of hydrogen-bond acceptors (Lipinski definition) is 4. The van der Waals surface area contributed by atoms with Gasteiger partial charge in [-0.15, -0.1) is 11.3 Å². The first-order valence-electron chi connectivity index (χ1n) is 6.80. The van der Waals surface area contributed by atoms with Crippen LogP contribution in [0.3, 0.4) is 0 Å². The van der Waals surface area contributed by atoms with Gasteiger partial charge in [-0.3, -0.25) is 4.79 Å². The van der Waals surface area contributed by atoms with Crippen LogP contribution >= 0.6 is 11.3 Å². The number of carbonyl (C=O) groups is 1. The van der Waals surface area contributed by atoms with Crippen molar-refractivity contribution in [2.75, 3.05) is 13.1 Å². The summed E-state index contributed by atoms with van der Waals surface area (Å²) in [6, 6.07) is 0. The third-order valence-corrected chi connectivity index (χ3v) is 4.72. The van der Waals surface area contributed by atoms with Gasteiger partial charge in [0.25, 0.3) is 0 Å². The Morgan fingerprint density at radius 2 is 2.33 bits per heavy atom. The van der Waals surface area contributed by atoms with Crippen LogP contribution in [0.4, 0.5) is 0 Å². The lowest BCUT2D eigenvalue weighted by Gasteiger charge is -2.22. The van der Waals surface area contributed by atoms with E-state index in [1.165, 1.54) is 17.7 Å². The second kappa shape index (κ2) is 6.43. The topological polar surface area (TPSA) is 42.0 Å². The molecule has 1 unspecified atom stereocenters. The summed E-state index contributed by atoms with van der Waals surface area (Å²) in [5.74, 6) is 1.04. The zero-order chi connectivity index (χ0) is 13.0. The summed E-state index contributed by atoms with van der Waals surface area (Å²) in [6.07, 6.45) is 4.80. The van der Waals surface area contributed by atoms with Crippen molar-refractivity contribution in [2.45, 2.75) is 46.0 Å². The molecule has 0 amide bonds.